The summed E-state index contributed by atoms with van der Waals surface area (Å²) in [6.07, 6.45) is 4.73. The van der Waals surface area contributed by atoms with Gasteiger partial charge in [-0.05, 0) is 18.9 Å². The van der Waals surface area contributed by atoms with Crippen LogP contribution in [0.25, 0.3) is 11.2 Å². The van der Waals surface area contributed by atoms with Gasteiger partial charge in [-0.25, -0.2) is 4.98 Å². The van der Waals surface area contributed by atoms with Gasteiger partial charge in [0.2, 0.25) is 5.95 Å². The maximum atomic E-state index is 6.04. The van der Waals surface area contributed by atoms with E-state index >= 15 is 0 Å². The Bertz CT molecular complexity index is 746. The Morgan fingerprint density at radius 2 is 2.10 bits per heavy atom. The molecule has 0 aromatic carbocycles. The van der Waals surface area contributed by atoms with Gasteiger partial charge in [-0.15, -0.1) is 0 Å². The van der Waals surface area contributed by atoms with E-state index in [1.165, 1.54) is 0 Å². The topological polar surface area (TPSA) is 79.5 Å². The zero-order valence-corrected chi connectivity index (χ0v) is 12.0. The Kier molecular flexibility index (Phi) is 2.96. The van der Waals surface area contributed by atoms with E-state index in [0.29, 0.717) is 5.95 Å². The van der Waals surface area contributed by atoms with Gasteiger partial charge in [-0.1, -0.05) is 6.92 Å². The molecule has 3 aromatic heterocycles. The molecule has 7 heteroatoms. The fourth-order valence-electron chi connectivity index (χ4n) is 2.51. The summed E-state index contributed by atoms with van der Waals surface area (Å²) in [5.74, 6) is 0.534. The molecule has 0 bridgehead atoms. The number of nitrogens with two attached hydrogens (primary N) is 1. The first-order chi connectivity index (χ1) is 9.60. The minimum absolute atomic E-state index is 0.534. The van der Waals surface area contributed by atoms with Crippen molar-refractivity contribution in [3.05, 3.63) is 23.7 Å². The van der Waals surface area contributed by atoms with Crippen LogP contribution in [0.5, 0.6) is 0 Å². The summed E-state index contributed by atoms with van der Waals surface area (Å²) in [6, 6.07) is 0. The van der Waals surface area contributed by atoms with Crippen LogP contribution in [-0.4, -0.2) is 29.1 Å². The molecular formula is C13H19N7. The van der Waals surface area contributed by atoms with E-state index in [1.54, 1.807) is 0 Å². The molecule has 0 fully saturated rings. The number of fused-ring (bicyclic) bond motifs is 1. The van der Waals surface area contributed by atoms with Gasteiger partial charge in [0.05, 0.1) is 18.4 Å². The molecular weight excluding hydrogens is 254 g/mol. The minimum Gasteiger partial charge on any atom is -0.369 e. The Balaban J connectivity index is 1.94. The van der Waals surface area contributed by atoms with E-state index in [-0.39, 0.29) is 0 Å². The quantitative estimate of drug-likeness (QED) is 0.772. The van der Waals surface area contributed by atoms with Crippen molar-refractivity contribution in [3.63, 3.8) is 0 Å². The van der Waals surface area contributed by atoms with Crippen molar-refractivity contribution in [1.82, 2.24) is 29.1 Å². The van der Waals surface area contributed by atoms with Gasteiger partial charge in [-0.2, -0.15) is 10.2 Å². The fraction of sp³-hybridized carbons (Fsp3) is 0.462. The number of anilines is 1. The summed E-state index contributed by atoms with van der Waals surface area (Å²) in [4.78, 5) is 4.45. The van der Waals surface area contributed by atoms with Gasteiger partial charge < -0.3 is 5.73 Å². The summed E-state index contributed by atoms with van der Waals surface area (Å²) >= 11 is 0. The number of nitrogens with zero attached hydrogens (tertiary/aromatic N) is 6. The molecule has 106 valence electrons. The molecule has 0 aliphatic carbocycles. The highest BCUT2D eigenvalue weighted by molar-refractivity contribution is 5.77. The molecule has 0 aliphatic heterocycles. The smallest absolute Gasteiger partial charge is 0.202 e. The van der Waals surface area contributed by atoms with E-state index in [1.807, 2.05) is 40.3 Å². The van der Waals surface area contributed by atoms with E-state index in [2.05, 4.69) is 22.1 Å². The summed E-state index contributed by atoms with van der Waals surface area (Å²) < 4.78 is 5.77. The first kappa shape index (κ1) is 12.7. The Hall–Kier alpha value is -2.31. The first-order valence-electron chi connectivity index (χ1n) is 6.76. The summed E-state index contributed by atoms with van der Waals surface area (Å²) in [5, 5.41) is 8.77. The normalized spacial score (nSPS) is 11.6. The van der Waals surface area contributed by atoms with Crippen molar-refractivity contribution < 1.29 is 0 Å². The predicted octanol–water partition coefficient (Wildman–Crippen LogP) is 1.12. The highest BCUT2D eigenvalue weighted by Gasteiger charge is 2.16. The van der Waals surface area contributed by atoms with Crippen molar-refractivity contribution in [2.24, 2.45) is 7.05 Å². The minimum atomic E-state index is 0.534. The van der Waals surface area contributed by atoms with Crippen LogP contribution in [0.15, 0.2) is 12.4 Å². The van der Waals surface area contributed by atoms with Crippen LogP contribution in [0.3, 0.4) is 0 Å². The largest absolute Gasteiger partial charge is 0.369 e. The number of nitrogen functional groups attached to an aromatic ring is 1. The Morgan fingerprint density at radius 1 is 1.30 bits per heavy atom. The molecule has 0 spiro atoms. The lowest BCUT2D eigenvalue weighted by atomic mass is 10.3. The molecule has 0 saturated heterocycles. The molecule has 3 rings (SSSR count). The number of rotatable bonds is 4. The molecule has 0 aliphatic rings. The third-order valence-electron chi connectivity index (χ3n) is 3.47. The number of aromatic nitrogens is 6. The van der Waals surface area contributed by atoms with Gasteiger partial charge in [0, 0.05) is 19.8 Å². The Labute approximate surface area is 117 Å². The first-order valence-corrected chi connectivity index (χ1v) is 6.76. The Morgan fingerprint density at radius 3 is 2.75 bits per heavy atom. The average Bonchev–Trinajstić information content (AvgIpc) is 3.04. The fourth-order valence-corrected chi connectivity index (χ4v) is 2.51. The van der Waals surface area contributed by atoms with E-state index in [9.17, 15) is 0 Å². The van der Waals surface area contributed by atoms with Gasteiger partial charge in [0.25, 0.3) is 0 Å². The monoisotopic (exact) mass is 273 g/mol. The number of hydrogen-bond acceptors (Lipinski definition) is 4. The van der Waals surface area contributed by atoms with Crippen molar-refractivity contribution >= 4 is 17.1 Å². The van der Waals surface area contributed by atoms with Crippen LogP contribution in [0, 0.1) is 6.92 Å². The molecule has 20 heavy (non-hydrogen) atoms. The summed E-state index contributed by atoms with van der Waals surface area (Å²) in [5.41, 5.74) is 10.1. The average molecular weight is 273 g/mol. The molecule has 0 saturated carbocycles. The van der Waals surface area contributed by atoms with Gasteiger partial charge >= 0.3 is 0 Å². The summed E-state index contributed by atoms with van der Waals surface area (Å²) in [6.45, 7) is 5.59. The van der Waals surface area contributed by atoms with E-state index in [4.69, 9.17) is 5.73 Å². The lowest BCUT2D eigenvalue weighted by molar-refractivity contribution is 0.537. The third kappa shape index (κ3) is 1.95. The van der Waals surface area contributed by atoms with Crippen LogP contribution in [0.1, 0.15) is 18.2 Å². The summed E-state index contributed by atoms with van der Waals surface area (Å²) in [7, 11) is 1.93. The molecule has 7 nitrogen and oxygen atoms in total. The van der Waals surface area contributed by atoms with Crippen molar-refractivity contribution in [2.45, 2.75) is 33.4 Å². The second kappa shape index (κ2) is 4.66. The zero-order chi connectivity index (χ0) is 14.3. The van der Waals surface area contributed by atoms with Gasteiger partial charge in [-0.3, -0.25) is 13.9 Å². The number of imidazole rings is 1. The lowest BCUT2D eigenvalue weighted by Gasteiger charge is -2.07. The van der Waals surface area contributed by atoms with E-state index < -0.39 is 0 Å². The van der Waals surface area contributed by atoms with Crippen LogP contribution >= 0.6 is 0 Å². The molecule has 0 atom stereocenters. The van der Waals surface area contributed by atoms with Gasteiger partial charge in [0.1, 0.15) is 5.52 Å². The second-order valence-corrected chi connectivity index (χ2v) is 5.00. The molecule has 3 aromatic rings. The highest BCUT2D eigenvalue weighted by Crippen LogP contribution is 2.21. The van der Waals surface area contributed by atoms with Crippen LogP contribution < -0.4 is 5.73 Å². The molecule has 0 amide bonds. The molecule has 3 heterocycles. The second-order valence-electron chi connectivity index (χ2n) is 5.00. The standard InChI is InChI=1S/C13H19N7/c1-4-10-11-12(18(3)17-10)20(13(14)16-11)6-5-19-8-9(2)7-15-19/h7-8H,4-6H2,1-3H3,(H2,14,16). The van der Waals surface area contributed by atoms with Crippen LogP contribution in [0.4, 0.5) is 5.95 Å². The molecule has 2 N–H and O–H groups in total. The van der Waals surface area contributed by atoms with Crippen molar-refractivity contribution in [1.29, 1.82) is 0 Å². The SMILES string of the molecule is CCc1nn(C)c2c1nc(N)n2CCn1cc(C)cn1. The van der Waals surface area contributed by atoms with E-state index in [0.717, 1.165) is 41.9 Å². The lowest BCUT2D eigenvalue weighted by Crippen LogP contribution is -2.12. The predicted molar refractivity (Wildman–Crippen MR) is 77.3 cm³/mol. The zero-order valence-electron chi connectivity index (χ0n) is 12.0. The van der Waals surface area contributed by atoms with Crippen LogP contribution in [-0.2, 0) is 26.6 Å². The molecule has 0 radical (unpaired) electrons. The van der Waals surface area contributed by atoms with Gasteiger partial charge in [0.15, 0.2) is 5.65 Å². The number of hydrogen-bond donors (Lipinski definition) is 1. The maximum Gasteiger partial charge on any atom is 0.202 e. The van der Waals surface area contributed by atoms with Crippen LogP contribution in [0.2, 0.25) is 0 Å². The third-order valence-corrected chi connectivity index (χ3v) is 3.47. The van der Waals surface area contributed by atoms with Crippen molar-refractivity contribution in [3.8, 4) is 0 Å². The van der Waals surface area contributed by atoms with Crippen molar-refractivity contribution in [2.75, 3.05) is 5.73 Å². The maximum absolute atomic E-state index is 6.04. The number of aryl methyl sites for hydroxylation is 5. The highest BCUT2D eigenvalue weighted by atomic mass is 15.4. The molecule has 0 unspecified atom stereocenters.